The Morgan fingerprint density at radius 1 is 1.18 bits per heavy atom. The van der Waals surface area contributed by atoms with E-state index in [9.17, 15) is 4.79 Å². The standard InChI is InChI=1S/C26H20BrN3O3S/c1-32-19-10-7-16(8-11-19)13-24-26(28-25(31)34-24)30-22(20-14-18(27)9-12-23(20)33-26)15-21(29-30)17-5-3-2-4-6-17/h2-14,22H,15H2,1H3,(H,28,31)/b24-13-/t22-,26+/m0/s1. The number of nitrogens with zero attached hydrogens (tertiary/aromatic N) is 2. The molecule has 2 atom stereocenters. The Hall–Kier alpha value is -3.23. The van der Waals surface area contributed by atoms with Gasteiger partial charge in [0, 0.05) is 16.5 Å². The number of ether oxygens (including phenoxy) is 2. The van der Waals surface area contributed by atoms with Crippen molar-refractivity contribution in [1.82, 2.24) is 10.3 Å². The number of nitrogens with one attached hydrogen (secondary N) is 1. The van der Waals surface area contributed by atoms with Crippen molar-refractivity contribution in [1.29, 1.82) is 0 Å². The summed E-state index contributed by atoms with van der Waals surface area (Å²) in [6.45, 7) is 0. The fourth-order valence-electron chi connectivity index (χ4n) is 4.55. The van der Waals surface area contributed by atoms with Crippen molar-refractivity contribution in [2.24, 2.45) is 5.10 Å². The summed E-state index contributed by atoms with van der Waals surface area (Å²) in [5.41, 5.74) is 3.98. The second kappa shape index (κ2) is 8.21. The summed E-state index contributed by atoms with van der Waals surface area (Å²) in [4.78, 5) is 13.5. The summed E-state index contributed by atoms with van der Waals surface area (Å²) in [5.74, 6) is 0.289. The van der Waals surface area contributed by atoms with Crippen molar-refractivity contribution in [3.8, 4) is 11.5 Å². The SMILES string of the molecule is COc1ccc(/C=C2\SC(=O)N[C@]23Oc2ccc(Br)cc2[C@@H]2CC(c4ccccc4)=NN23)cc1. The van der Waals surface area contributed by atoms with Gasteiger partial charge in [0.15, 0.2) is 0 Å². The average molecular weight is 534 g/mol. The quantitative estimate of drug-likeness (QED) is 0.437. The van der Waals surface area contributed by atoms with Crippen molar-refractivity contribution in [2.45, 2.75) is 18.3 Å². The zero-order valence-electron chi connectivity index (χ0n) is 18.2. The maximum absolute atomic E-state index is 12.8. The normalized spacial score (nSPS) is 23.9. The molecule has 1 N–H and O–H groups in total. The highest BCUT2D eigenvalue weighted by Gasteiger charge is 2.58. The summed E-state index contributed by atoms with van der Waals surface area (Å²) in [7, 11) is 1.64. The van der Waals surface area contributed by atoms with Crippen LogP contribution in [0.1, 0.15) is 29.2 Å². The third-order valence-electron chi connectivity index (χ3n) is 6.15. The van der Waals surface area contributed by atoms with Gasteiger partial charge >= 0.3 is 5.85 Å². The molecule has 3 aromatic carbocycles. The van der Waals surface area contributed by atoms with Gasteiger partial charge in [0.05, 0.1) is 23.8 Å². The van der Waals surface area contributed by atoms with Gasteiger partial charge in [0.2, 0.25) is 0 Å². The van der Waals surface area contributed by atoms with Crippen LogP contribution in [0.25, 0.3) is 6.08 Å². The molecule has 1 spiro atoms. The number of hydrogen-bond acceptors (Lipinski definition) is 6. The molecule has 0 radical (unpaired) electrons. The van der Waals surface area contributed by atoms with Crippen molar-refractivity contribution >= 4 is 44.7 Å². The Labute approximate surface area is 209 Å². The van der Waals surface area contributed by atoms with Crippen LogP contribution in [0, 0.1) is 0 Å². The Balaban J connectivity index is 1.50. The predicted octanol–water partition coefficient (Wildman–Crippen LogP) is 6.15. The number of benzene rings is 3. The number of amides is 1. The minimum absolute atomic E-state index is 0.0882. The first-order valence-electron chi connectivity index (χ1n) is 10.8. The van der Waals surface area contributed by atoms with Crippen LogP contribution < -0.4 is 14.8 Å². The van der Waals surface area contributed by atoms with Gasteiger partial charge in [-0.1, -0.05) is 58.4 Å². The molecule has 6 rings (SSSR count). The van der Waals surface area contributed by atoms with Crippen LogP contribution in [-0.4, -0.2) is 28.9 Å². The molecule has 0 saturated carbocycles. The fourth-order valence-corrected chi connectivity index (χ4v) is 5.83. The van der Waals surface area contributed by atoms with Gasteiger partial charge in [0.1, 0.15) is 11.5 Å². The molecule has 3 aliphatic rings. The molecule has 6 nitrogen and oxygen atoms in total. The maximum Gasteiger partial charge on any atom is 0.314 e. The summed E-state index contributed by atoms with van der Waals surface area (Å²) in [6, 6.07) is 23.7. The van der Waals surface area contributed by atoms with Crippen LogP contribution in [0.3, 0.4) is 0 Å². The number of carbonyl (C=O) groups is 1. The minimum Gasteiger partial charge on any atom is -0.497 e. The van der Waals surface area contributed by atoms with Crippen LogP contribution in [-0.2, 0) is 0 Å². The molecule has 1 amide bonds. The Morgan fingerprint density at radius 3 is 2.74 bits per heavy atom. The van der Waals surface area contributed by atoms with E-state index in [2.05, 4.69) is 39.4 Å². The number of hydrogen-bond donors (Lipinski definition) is 1. The Kier molecular flexibility index (Phi) is 5.15. The lowest BCUT2D eigenvalue weighted by Crippen LogP contribution is -2.61. The van der Waals surface area contributed by atoms with Gasteiger partial charge < -0.3 is 9.47 Å². The van der Waals surface area contributed by atoms with Gasteiger partial charge in [-0.25, -0.2) is 5.01 Å². The van der Waals surface area contributed by atoms with Gasteiger partial charge in [-0.2, -0.15) is 5.10 Å². The van der Waals surface area contributed by atoms with Crippen molar-refractivity contribution in [2.75, 3.05) is 7.11 Å². The molecule has 170 valence electrons. The first kappa shape index (κ1) is 21.3. The van der Waals surface area contributed by atoms with Crippen molar-refractivity contribution in [3.63, 3.8) is 0 Å². The zero-order valence-corrected chi connectivity index (χ0v) is 20.6. The highest BCUT2D eigenvalue weighted by atomic mass is 79.9. The molecule has 34 heavy (non-hydrogen) atoms. The van der Waals surface area contributed by atoms with E-state index >= 15 is 0 Å². The largest absolute Gasteiger partial charge is 0.497 e. The van der Waals surface area contributed by atoms with Crippen LogP contribution in [0.5, 0.6) is 11.5 Å². The number of halogens is 1. The van der Waals surface area contributed by atoms with Gasteiger partial charge in [0.25, 0.3) is 5.24 Å². The number of methoxy groups -OCH3 is 1. The molecule has 1 fully saturated rings. The van der Waals surface area contributed by atoms with Crippen LogP contribution in [0.15, 0.2) is 87.3 Å². The second-order valence-corrected chi connectivity index (χ2v) is 10.1. The second-order valence-electron chi connectivity index (χ2n) is 8.20. The molecule has 1 saturated heterocycles. The van der Waals surface area contributed by atoms with Crippen molar-refractivity contribution in [3.05, 3.63) is 98.9 Å². The Morgan fingerprint density at radius 2 is 1.97 bits per heavy atom. The topological polar surface area (TPSA) is 63.2 Å². The van der Waals surface area contributed by atoms with Crippen LogP contribution >= 0.6 is 27.7 Å². The molecule has 0 aliphatic carbocycles. The molecule has 3 aliphatic heterocycles. The zero-order chi connectivity index (χ0) is 23.3. The summed E-state index contributed by atoms with van der Waals surface area (Å²) in [6.07, 6.45) is 2.67. The van der Waals surface area contributed by atoms with E-state index in [1.807, 2.05) is 65.7 Å². The first-order valence-corrected chi connectivity index (χ1v) is 12.4. The van der Waals surface area contributed by atoms with E-state index in [-0.39, 0.29) is 11.3 Å². The number of rotatable bonds is 3. The van der Waals surface area contributed by atoms with Gasteiger partial charge in [-0.3, -0.25) is 10.1 Å². The van der Waals surface area contributed by atoms with E-state index in [1.165, 1.54) is 0 Å². The average Bonchev–Trinajstić information content (AvgIpc) is 3.44. The monoisotopic (exact) mass is 533 g/mol. The van der Waals surface area contributed by atoms with E-state index in [0.717, 1.165) is 55.0 Å². The van der Waals surface area contributed by atoms with Crippen LogP contribution in [0.4, 0.5) is 4.79 Å². The Bertz CT molecular complexity index is 1340. The van der Waals surface area contributed by atoms with E-state index in [4.69, 9.17) is 14.6 Å². The third kappa shape index (κ3) is 3.49. The lowest BCUT2D eigenvalue weighted by Gasteiger charge is -2.45. The summed E-state index contributed by atoms with van der Waals surface area (Å²) >= 11 is 4.73. The number of fused-ring (bicyclic) bond motifs is 4. The van der Waals surface area contributed by atoms with Gasteiger partial charge in [-0.05, 0) is 59.3 Å². The number of carbonyl (C=O) groups excluding carboxylic acids is 1. The molecule has 3 heterocycles. The van der Waals surface area contributed by atoms with E-state index in [1.54, 1.807) is 7.11 Å². The minimum atomic E-state index is -1.22. The molecule has 8 heteroatoms. The highest BCUT2D eigenvalue weighted by molar-refractivity contribution is 9.10. The molecule has 0 unspecified atom stereocenters. The van der Waals surface area contributed by atoms with Gasteiger partial charge in [-0.15, -0.1) is 0 Å². The third-order valence-corrected chi connectivity index (χ3v) is 7.55. The number of thioether (sulfide) groups is 1. The lowest BCUT2D eigenvalue weighted by molar-refractivity contribution is -0.0949. The highest BCUT2D eigenvalue weighted by Crippen LogP contribution is 2.53. The molecular formula is C26H20BrN3O3S. The molecular weight excluding hydrogens is 514 g/mol. The lowest BCUT2D eigenvalue weighted by atomic mass is 9.95. The molecule has 3 aromatic rings. The molecule has 0 aromatic heterocycles. The summed E-state index contributed by atoms with van der Waals surface area (Å²) < 4.78 is 12.8. The fraction of sp³-hybridized carbons (Fsp3) is 0.154. The predicted molar refractivity (Wildman–Crippen MR) is 137 cm³/mol. The van der Waals surface area contributed by atoms with Crippen molar-refractivity contribution < 1.29 is 14.3 Å². The smallest absolute Gasteiger partial charge is 0.314 e. The summed E-state index contributed by atoms with van der Waals surface area (Å²) in [5, 5.41) is 9.83. The van der Waals surface area contributed by atoms with E-state index < -0.39 is 5.85 Å². The number of hydrazone groups is 1. The first-order chi connectivity index (χ1) is 16.6. The van der Waals surface area contributed by atoms with E-state index in [0.29, 0.717) is 6.42 Å². The van der Waals surface area contributed by atoms with Crippen LogP contribution in [0.2, 0.25) is 0 Å². The molecule has 0 bridgehead atoms. The maximum atomic E-state index is 12.8.